The normalized spacial score (nSPS) is 16.1. The van der Waals surface area contributed by atoms with Gasteiger partial charge in [-0.15, -0.1) is 0 Å². The molecule has 0 bridgehead atoms. The van der Waals surface area contributed by atoms with Crippen molar-refractivity contribution < 1.29 is 9.59 Å². The summed E-state index contributed by atoms with van der Waals surface area (Å²) in [7, 11) is 0. The molecule has 2 heterocycles. The van der Waals surface area contributed by atoms with Crippen LogP contribution in [0.2, 0.25) is 0 Å². The largest absolute Gasteiger partial charge is 0.299 e. The third-order valence-corrected chi connectivity index (χ3v) is 6.67. The van der Waals surface area contributed by atoms with Crippen LogP contribution in [0.1, 0.15) is 57.5 Å². The lowest BCUT2D eigenvalue weighted by Gasteiger charge is -2.28. The van der Waals surface area contributed by atoms with Crippen molar-refractivity contribution in [1.29, 1.82) is 0 Å². The standard InChI is InChI=1S/C27H28N2O2/c30-26-23-13-7-11-21-12-8-14-24(25(21)23)27(31)29(26)17-6-2-1-5-16-28-18-15-20-9-3-4-10-22(20)19-28/h3-4,7-14H,1-2,5-6,15-19H2. The molecule has 31 heavy (non-hydrogen) atoms. The van der Waals surface area contributed by atoms with Gasteiger partial charge in [0.25, 0.3) is 11.8 Å². The molecule has 0 unspecified atom stereocenters. The van der Waals surface area contributed by atoms with Crippen LogP contribution >= 0.6 is 0 Å². The molecular formula is C27H28N2O2. The number of carbonyl (C=O) groups is 2. The fraction of sp³-hybridized carbons (Fsp3) is 0.333. The number of imide groups is 1. The van der Waals surface area contributed by atoms with Crippen LogP contribution in [0, 0.1) is 0 Å². The van der Waals surface area contributed by atoms with Gasteiger partial charge >= 0.3 is 0 Å². The predicted octanol–water partition coefficient (Wildman–Crippen LogP) is 5.05. The van der Waals surface area contributed by atoms with Crippen molar-refractivity contribution in [2.75, 3.05) is 19.6 Å². The van der Waals surface area contributed by atoms with Crippen LogP contribution in [0.3, 0.4) is 0 Å². The molecule has 158 valence electrons. The molecule has 0 N–H and O–H groups in total. The van der Waals surface area contributed by atoms with Crippen LogP contribution in [0.25, 0.3) is 10.8 Å². The summed E-state index contributed by atoms with van der Waals surface area (Å²) < 4.78 is 0. The van der Waals surface area contributed by atoms with E-state index in [1.165, 1.54) is 16.0 Å². The highest BCUT2D eigenvalue weighted by atomic mass is 16.2. The van der Waals surface area contributed by atoms with E-state index in [1.807, 2.05) is 36.4 Å². The number of hydrogen-bond donors (Lipinski definition) is 0. The number of benzene rings is 3. The predicted molar refractivity (Wildman–Crippen MR) is 123 cm³/mol. The zero-order valence-corrected chi connectivity index (χ0v) is 17.8. The summed E-state index contributed by atoms with van der Waals surface area (Å²) in [4.78, 5) is 29.9. The zero-order chi connectivity index (χ0) is 21.2. The highest BCUT2D eigenvalue weighted by molar-refractivity contribution is 6.25. The van der Waals surface area contributed by atoms with Gasteiger partial charge in [0.2, 0.25) is 0 Å². The number of unbranched alkanes of at least 4 members (excludes halogenated alkanes) is 3. The zero-order valence-electron chi connectivity index (χ0n) is 17.8. The smallest absolute Gasteiger partial charge is 0.261 e. The number of carbonyl (C=O) groups excluding carboxylic acids is 2. The van der Waals surface area contributed by atoms with Gasteiger partial charge in [-0.3, -0.25) is 19.4 Å². The number of amides is 2. The molecule has 3 aromatic carbocycles. The van der Waals surface area contributed by atoms with Crippen LogP contribution in [0.4, 0.5) is 0 Å². The lowest BCUT2D eigenvalue weighted by atomic mass is 9.94. The third kappa shape index (κ3) is 3.88. The second kappa shape index (κ2) is 8.64. The van der Waals surface area contributed by atoms with Crippen molar-refractivity contribution in [2.24, 2.45) is 0 Å². The van der Waals surface area contributed by atoms with Crippen LogP contribution in [0.5, 0.6) is 0 Å². The number of hydrogen-bond acceptors (Lipinski definition) is 3. The molecule has 0 radical (unpaired) electrons. The van der Waals surface area contributed by atoms with Gasteiger partial charge < -0.3 is 0 Å². The second-order valence-corrected chi connectivity index (χ2v) is 8.68. The molecular weight excluding hydrogens is 384 g/mol. The summed E-state index contributed by atoms with van der Waals surface area (Å²) in [5.41, 5.74) is 4.26. The molecule has 2 amide bonds. The van der Waals surface area contributed by atoms with E-state index in [9.17, 15) is 9.59 Å². The number of nitrogens with zero attached hydrogens (tertiary/aromatic N) is 2. The van der Waals surface area contributed by atoms with E-state index in [0.717, 1.165) is 62.5 Å². The molecule has 0 spiro atoms. The summed E-state index contributed by atoms with van der Waals surface area (Å²) >= 11 is 0. The van der Waals surface area contributed by atoms with Gasteiger partial charge in [-0.05, 0) is 54.5 Å². The van der Waals surface area contributed by atoms with E-state index in [1.54, 1.807) is 0 Å². The van der Waals surface area contributed by atoms with Crippen molar-refractivity contribution in [3.05, 3.63) is 82.9 Å². The average Bonchev–Trinajstić information content (AvgIpc) is 2.81. The Morgan fingerprint density at radius 1 is 0.677 bits per heavy atom. The minimum atomic E-state index is -0.152. The van der Waals surface area contributed by atoms with Gasteiger partial charge in [0.05, 0.1) is 0 Å². The van der Waals surface area contributed by atoms with E-state index in [0.29, 0.717) is 17.7 Å². The Labute approximate surface area is 183 Å². The first-order valence-electron chi connectivity index (χ1n) is 11.4. The molecule has 5 rings (SSSR count). The fourth-order valence-corrected chi connectivity index (χ4v) is 4.99. The SMILES string of the molecule is O=C1c2cccc3cccc(c23)C(=O)N1CCCCCCN1CCc2ccccc2C1. The fourth-order valence-electron chi connectivity index (χ4n) is 4.99. The molecule has 0 aromatic heterocycles. The summed E-state index contributed by atoms with van der Waals surface area (Å²) in [5, 5.41) is 1.76. The molecule has 0 saturated carbocycles. The first-order chi connectivity index (χ1) is 15.2. The molecule has 4 nitrogen and oxygen atoms in total. The van der Waals surface area contributed by atoms with Crippen LogP contribution in [-0.2, 0) is 13.0 Å². The minimum Gasteiger partial charge on any atom is -0.299 e. The molecule has 0 atom stereocenters. The van der Waals surface area contributed by atoms with Gasteiger partial charge in [-0.1, -0.05) is 61.4 Å². The van der Waals surface area contributed by atoms with Crippen LogP contribution in [0.15, 0.2) is 60.7 Å². The maximum Gasteiger partial charge on any atom is 0.261 e. The van der Waals surface area contributed by atoms with Crippen LogP contribution < -0.4 is 0 Å². The number of fused-ring (bicyclic) bond motifs is 1. The van der Waals surface area contributed by atoms with Gasteiger partial charge in [0.1, 0.15) is 0 Å². The maximum atomic E-state index is 12.9. The van der Waals surface area contributed by atoms with Crippen molar-refractivity contribution in [2.45, 2.75) is 38.6 Å². The quantitative estimate of drug-likeness (QED) is 0.403. The maximum absolute atomic E-state index is 12.9. The molecule has 2 aliphatic heterocycles. The lowest BCUT2D eigenvalue weighted by molar-refractivity contribution is 0.0607. The van der Waals surface area contributed by atoms with Gasteiger partial charge in [-0.2, -0.15) is 0 Å². The van der Waals surface area contributed by atoms with Crippen molar-refractivity contribution in [3.63, 3.8) is 0 Å². The van der Waals surface area contributed by atoms with Crippen molar-refractivity contribution in [1.82, 2.24) is 9.80 Å². The summed E-state index contributed by atoms with van der Waals surface area (Å²) in [5.74, 6) is -0.303. The minimum absolute atomic E-state index is 0.152. The molecule has 2 aliphatic rings. The Bertz CT molecular complexity index is 1090. The molecule has 0 fully saturated rings. The van der Waals surface area contributed by atoms with E-state index < -0.39 is 0 Å². The summed E-state index contributed by atoms with van der Waals surface area (Å²) in [6.45, 7) is 3.81. The molecule has 0 aliphatic carbocycles. The van der Waals surface area contributed by atoms with Gasteiger partial charge in [-0.25, -0.2) is 0 Å². The van der Waals surface area contributed by atoms with Crippen LogP contribution in [-0.4, -0.2) is 41.2 Å². The van der Waals surface area contributed by atoms with E-state index in [4.69, 9.17) is 0 Å². The molecule has 0 saturated heterocycles. The van der Waals surface area contributed by atoms with Gasteiger partial charge in [0.15, 0.2) is 0 Å². The Hall–Kier alpha value is -2.98. The highest BCUT2D eigenvalue weighted by Gasteiger charge is 2.32. The third-order valence-electron chi connectivity index (χ3n) is 6.67. The van der Waals surface area contributed by atoms with E-state index in [-0.39, 0.29) is 11.8 Å². The monoisotopic (exact) mass is 412 g/mol. The van der Waals surface area contributed by atoms with E-state index >= 15 is 0 Å². The topological polar surface area (TPSA) is 40.6 Å². The number of rotatable bonds is 7. The Balaban J connectivity index is 1.11. The van der Waals surface area contributed by atoms with E-state index in [2.05, 4.69) is 29.2 Å². The molecule has 4 heteroatoms. The van der Waals surface area contributed by atoms with Crippen molar-refractivity contribution >= 4 is 22.6 Å². The Kier molecular flexibility index (Phi) is 5.56. The lowest BCUT2D eigenvalue weighted by Crippen LogP contribution is -2.40. The summed E-state index contributed by atoms with van der Waals surface area (Å²) in [6, 6.07) is 20.1. The second-order valence-electron chi connectivity index (χ2n) is 8.68. The molecule has 3 aromatic rings. The van der Waals surface area contributed by atoms with Crippen molar-refractivity contribution in [3.8, 4) is 0 Å². The Morgan fingerprint density at radius 3 is 2.03 bits per heavy atom. The van der Waals surface area contributed by atoms with Gasteiger partial charge in [0, 0.05) is 36.1 Å². The Morgan fingerprint density at radius 2 is 1.32 bits per heavy atom. The first kappa shape index (κ1) is 20.0. The summed E-state index contributed by atoms with van der Waals surface area (Å²) in [6.07, 6.45) is 5.32. The first-order valence-corrected chi connectivity index (χ1v) is 11.4. The highest BCUT2D eigenvalue weighted by Crippen LogP contribution is 2.30. The average molecular weight is 413 g/mol.